The summed E-state index contributed by atoms with van der Waals surface area (Å²) in [6, 6.07) is 2.51. The Bertz CT molecular complexity index is 471. The maximum absolute atomic E-state index is 5.27. The topological polar surface area (TPSA) is 35.2 Å². The predicted molar refractivity (Wildman–Crippen MR) is 81.0 cm³/mol. The molecule has 2 rings (SSSR count). The lowest BCUT2D eigenvalue weighted by atomic mass is 10.1. The van der Waals surface area contributed by atoms with Gasteiger partial charge in [0.05, 0.1) is 0 Å². The average Bonchev–Trinajstić information content (AvgIpc) is 2.33. The van der Waals surface area contributed by atoms with Gasteiger partial charge in [-0.3, -0.25) is 0 Å². The van der Waals surface area contributed by atoms with Crippen LogP contribution in [0.3, 0.4) is 0 Å². The van der Waals surface area contributed by atoms with Gasteiger partial charge in [-0.15, -0.1) is 0 Å². The van der Waals surface area contributed by atoms with Crippen molar-refractivity contribution in [3.05, 3.63) is 22.2 Å². The molecule has 0 amide bonds. The summed E-state index contributed by atoms with van der Waals surface area (Å²) < 4.78 is 0.712. The highest BCUT2D eigenvalue weighted by atomic mass is 32.1. The van der Waals surface area contributed by atoms with Gasteiger partial charge in [0.1, 0.15) is 10.5 Å². The quantitative estimate of drug-likeness (QED) is 0.854. The zero-order valence-electron chi connectivity index (χ0n) is 12.1. The average molecular weight is 280 g/mol. The Balaban J connectivity index is 2.11. The van der Waals surface area contributed by atoms with E-state index in [1.807, 2.05) is 6.07 Å². The van der Waals surface area contributed by atoms with E-state index in [1.165, 1.54) is 5.69 Å². The van der Waals surface area contributed by atoms with Gasteiger partial charge in [0.15, 0.2) is 0 Å². The summed E-state index contributed by atoms with van der Waals surface area (Å²) in [5.41, 5.74) is 1.21. The Labute approximate surface area is 120 Å². The van der Waals surface area contributed by atoms with Crippen LogP contribution < -0.4 is 0 Å². The minimum absolute atomic E-state index is 0.522. The minimum atomic E-state index is 0.522. The second kappa shape index (κ2) is 6.59. The maximum Gasteiger partial charge on any atom is 0.129 e. The van der Waals surface area contributed by atoms with Gasteiger partial charge >= 0.3 is 0 Å². The molecule has 1 N–H and O–H groups in total. The number of H-pyrrole nitrogens is 1. The van der Waals surface area contributed by atoms with Gasteiger partial charge in [-0.2, -0.15) is 0 Å². The molecular weight excluding hydrogens is 256 g/mol. The number of rotatable bonds is 4. The van der Waals surface area contributed by atoms with Crippen LogP contribution in [-0.4, -0.2) is 59.5 Å². The maximum atomic E-state index is 5.27. The van der Waals surface area contributed by atoms with E-state index < -0.39 is 0 Å². The number of aromatic nitrogens is 2. The van der Waals surface area contributed by atoms with Crippen molar-refractivity contribution < 1.29 is 0 Å². The first-order valence-corrected chi connectivity index (χ1v) is 7.47. The van der Waals surface area contributed by atoms with Gasteiger partial charge in [-0.25, -0.2) is 4.98 Å². The van der Waals surface area contributed by atoms with Crippen molar-refractivity contribution in [3.63, 3.8) is 0 Å². The van der Waals surface area contributed by atoms with E-state index in [9.17, 15) is 0 Å². The Morgan fingerprint density at radius 2 is 2.21 bits per heavy atom. The first kappa shape index (κ1) is 14.6. The van der Waals surface area contributed by atoms with Crippen molar-refractivity contribution in [2.75, 3.05) is 33.7 Å². The molecule has 1 aromatic heterocycles. The summed E-state index contributed by atoms with van der Waals surface area (Å²) >= 11 is 5.27. The molecule has 1 fully saturated rings. The van der Waals surface area contributed by atoms with Gasteiger partial charge < -0.3 is 14.8 Å². The lowest BCUT2D eigenvalue weighted by Crippen LogP contribution is -2.51. The third-order valence-corrected chi connectivity index (χ3v) is 3.99. The van der Waals surface area contributed by atoms with Crippen LogP contribution >= 0.6 is 12.2 Å². The third kappa shape index (κ3) is 4.09. The second-order valence-corrected chi connectivity index (χ2v) is 5.96. The van der Waals surface area contributed by atoms with Crippen molar-refractivity contribution in [2.45, 2.75) is 32.2 Å². The molecule has 0 bridgehead atoms. The first-order chi connectivity index (χ1) is 9.08. The summed E-state index contributed by atoms with van der Waals surface area (Å²) in [5, 5.41) is 0. The molecule has 0 aromatic carbocycles. The predicted octanol–water partition coefficient (Wildman–Crippen LogP) is 1.88. The van der Waals surface area contributed by atoms with E-state index >= 15 is 0 Å². The Hall–Kier alpha value is -0.780. The number of likely N-dealkylation sites (N-methyl/N-ethyl adjacent to an activating group) is 2. The molecule has 4 nitrogen and oxygen atoms in total. The normalized spacial score (nSPS) is 21.7. The minimum Gasteiger partial charge on any atom is -0.347 e. The summed E-state index contributed by atoms with van der Waals surface area (Å²) in [4.78, 5) is 12.7. The van der Waals surface area contributed by atoms with Crippen LogP contribution in [0.25, 0.3) is 0 Å². The van der Waals surface area contributed by atoms with Gasteiger partial charge in [-0.1, -0.05) is 25.6 Å². The number of nitrogens with zero attached hydrogens (tertiary/aromatic N) is 3. The molecular formula is C14H24N4S. The van der Waals surface area contributed by atoms with Crippen molar-refractivity contribution in [2.24, 2.45) is 0 Å². The van der Waals surface area contributed by atoms with Gasteiger partial charge in [-0.05, 0) is 26.6 Å². The fourth-order valence-electron chi connectivity index (χ4n) is 2.61. The second-order valence-electron chi connectivity index (χ2n) is 5.54. The van der Waals surface area contributed by atoms with Crippen LogP contribution in [0, 0.1) is 4.64 Å². The van der Waals surface area contributed by atoms with Crippen molar-refractivity contribution >= 4 is 12.2 Å². The number of piperazine rings is 1. The van der Waals surface area contributed by atoms with E-state index in [0.29, 0.717) is 10.7 Å². The van der Waals surface area contributed by atoms with Gasteiger partial charge in [0.25, 0.3) is 0 Å². The van der Waals surface area contributed by atoms with Crippen molar-refractivity contribution in [3.8, 4) is 0 Å². The molecule has 106 valence electrons. The molecule has 0 aliphatic carbocycles. The third-order valence-electron chi connectivity index (χ3n) is 3.78. The van der Waals surface area contributed by atoms with E-state index in [0.717, 1.165) is 44.7 Å². The number of aromatic amines is 1. The van der Waals surface area contributed by atoms with Crippen molar-refractivity contribution in [1.29, 1.82) is 0 Å². The molecule has 0 radical (unpaired) electrons. The molecule has 0 spiro atoms. The van der Waals surface area contributed by atoms with Crippen molar-refractivity contribution in [1.82, 2.24) is 19.8 Å². The van der Waals surface area contributed by atoms with E-state index in [1.54, 1.807) is 0 Å². The van der Waals surface area contributed by atoms with E-state index in [-0.39, 0.29) is 0 Å². The Morgan fingerprint density at radius 1 is 1.42 bits per heavy atom. The number of aryl methyl sites for hydroxylation is 1. The summed E-state index contributed by atoms with van der Waals surface area (Å²) in [7, 11) is 4.38. The zero-order chi connectivity index (χ0) is 13.8. The molecule has 2 heterocycles. The largest absolute Gasteiger partial charge is 0.347 e. The monoisotopic (exact) mass is 280 g/mol. The summed E-state index contributed by atoms with van der Waals surface area (Å²) in [6.07, 6.45) is 3.11. The zero-order valence-corrected chi connectivity index (χ0v) is 13.0. The van der Waals surface area contributed by atoms with Crippen LogP contribution in [0.15, 0.2) is 6.07 Å². The van der Waals surface area contributed by atoms with Gasteiger partial charge in [0.2, 0.25) is 0 Å². The number of hydrogen-bond acceptors (Lipinski definition) is 4. The molecule has 19 heavy (non-hydrogen) atoms. The lowest BCUT2D eigenvalue weighted by molar-refractivity contribution is 0.113. The van der Waals surface area contributed by atoms with Gasteiger partial charge in [0, 0.05) is 37.8 Å². The van der Waals surface area contributed by atoms with Crippen LogP contribution in [0.4, 0.5) is 0 Å². The molecule has 1 aliphatic rings. The molecule has 1 saturated heterocycles. The summed E-state index contributed by atoms with van der Waals surface area (Å²) in [5.74, 6) is 1.03. The fourth-order valence-corrected chi connectivity index (χ4v) is 2.86. The van der Waals surface area contributed by atoms with Crippen LogP contribution in [-0.2, 0) is 12.8 Å². The fraction of sp³-hybridized carbons (Fsp3) is 0.714. The molecule has 5 heteroatoms. The SMILES string of the molecule is CCCc1cc(=S)nc(CC2CN(C)CCN2C)[nH]1. The molecule has 1 aliphatic heterocycles. The highest BCUT2D eigenvalue weighted by Crippen LogP contribution is 2.11. The number of hydrogen-bond donors (Lipinski definition) is 1. The molecule has 0 saturated carbocycles. The Kier molecular flexibility index (Phi) is 5.07. The van der Waals surface area contributed by atoms with Crippen LogP contribution in [0.5, 0.6) is 0 Å². The molecule has 1 atom stereocenters. The lowest BCUT2D eigenvalue weighted by Gasteiger charge is -2.37. The van der Waals surface area contributed by atoms with E-state index in [2.05, 4.69) is 40.8 Å². The van der Waals surface area contributed by atoms with Crippen LogP contribution in [0.2, 0.25) is 0 Å². The standard InChI is InChI=1S/C14H24N4S/c1-4-5-11-8-14(19)16-13(15-11)9-12-10-17(2)6-7-18(12)3/h8,12H,4-7,9-10H2,1-3H3,(H,15,16,19). The highest BCUT2D eigenvalue weighted by Gasteiger charge is 2.23. The first-order valence-electron chi connectivity index (χ1n) is 7.06. The highest BCUT2D eigenvalue weighted by molar-refractivity contribution is 7.71. The summed E-state index contributed by atoms with van der Waals surface area (Å²) in [6.45, 7) is 5.54. The Morgan fingerprint density at radius 3 is 2.95 bits per heavy atom. The van der Waals surface area contributed by atoms with E-state index in [4.69, 9.17) is 12.2 Å². The molecule has 1 aromatic rings. The number of nitrogens with one attached hydrogen (secondary N) is 1. The molecule has 1 unspecified atom stereocenters. The smallest absolute Gasteiger partial charge is 0.129 e. The van der Waals surface area contributed by atoms with Crippen LogP contribution in [0.1, 0.15) is 24.9 Å².